The summed E-state index contributed by atoms with van der Waals surface area (Å²) >= 11 is 0. The van der Waals surface area contributed by atoms with Gasteiger partial charge < -0.3 is 5.32 Å². The van der Waals surface area contributed by atoms with Crippen molar-refractivity contribution in [2.45, 2.75) is 35.1 Å². The van der Waals surface area contributed by atoms with Gasteiger partial charge >= 0.3 is 0 Å². The highest BCUT2D eigenvalue weighted by Gasteiger charge is 2.19. The van der Waals surface area contributed by atoms with E-state index in [1.807, 2.05) is 0 Å². The van der Waals surface area contributed by atoms with Crippen molar-refractivity contribution >= 4 is 20.0 Å². The van der Waals surface area contributed by atoms with Crippen LogP contribution in [-0.4, -0.2) is 36.0 Å². The van der Waals surface area contributed by atoms with E-state index < -0.39 is 20.0 Å². The van der Waals surface area contributed by atoms with Crippen LogP contribution in [0.15, 0.2) is 34.1 Å². The van der Waals surface area contributed by atoms with Crippen molar-refractivity contribution in [2.75, 3.05) is 13.1 Å². The van der Waals surface area contributed by atoms with Crippen molar-refractivity contribution in [3.8, 4) is 0 Å². The number of sulfonamides is 2. The highest BCUT2D eigenvalue weighted by atomic mass is 32.2. The molecule has 0 radical (unpaired) electrons. The van der Waals surface area contributed by atoms with Crippen LogP contribution >= 0.6 is 0 Å². The smallest absolute Gasteiger partial charge is 0.240 e. The molecule has 1 aliphatic rings. The second-order valence-corrected chi connectivity index (χ2v) is 8.33. The molecular formula is C12H19N3O4S2. The Balaban J connectivity index is 2.05. The minimum Gasteiger partial charge on any atom is -0.314 e. The Labute approximate surface area is 125 Å². The van der Waals surface area contributed by atoms with Gasteiger partial charge in [0.05, 0.1) is 9.79 Å². The van der Waals surface area contributed by atoms with E-state index in [2.05, 4.69) is 10.0 Å². The van der Waals surface area contributed by atoms with Crippen LogP contribution < -0.4 is 15.2 Å². The van der Waals surface area contributed by atoms with E-state index in [1.54, 1.807) is 0 Å². The van der Waals surface area contributed by atoms with Crippen LogP contribution in [0.1, 0.15) is 19.3 Å². The summed E-state index contributed by atoms with van der Waals surface area (Å²) in [5.41, 5.74) is 0. The zero-order valence-corrected chi connectivity index (χ0v) is 13.1. The van der Waals surface area contributed by atoms with Gasteiger partial charge in [0.15, 0.2) is 0 Å². The fourth-order valence-corrected chi connectivity index (χ4v) is 4.00. The molecule has 1 aromatic rings. The Morgan fingerprint density at radius 2 is 1.95 bits per heavy atom. The van der Waals surface area contributed by atoms with Crippen molar-refractivity contribution in [3.05, 3.63) is 24.3 Å². The molecule has 1 aliphatic heterocycles. The maximum absolute atomic E-state index is 12.1. The molecular weight excluding hydrogens is 314 g/mol. The first-order valence-electron chi connectivity index (χ1n) is 6.65. The van der Waals surface area contributed by atoms with Gasteiger partial charge in [-0.05, 0) is 44.0 Å². The van der Waals surface area contributed by atoms with Gasteiger partial charge in [-0.3, -0.25) is 0 Å². The molecule has 0 amide bonds. The van der Waals surface area contributed by atoms with Crippen LogP contribution in [0.2, 0.25) is 0 Å². The third-order valence-corrected chi connectivity index (χ3v) is 5.76. The van der Waals surface area contributed by atoms with E-state index in [0.29, 0.717) is 19.0 Å². The predicted octanol–water partition coefficient (Wildman–Crippen LogP) is -0.246. The third-order valence-electron chi connectivity index (χ3n) is 3.39. The number of hydrogen-bond acceptors (Lipinski definition) is 5. The van der Waals surface area contributed by atoms with Crippen LogP contribution in [0, 0.1) is 0 Å². The Kier molecular flexibility index (Phi) is 4.99. The molecule has 9 heteroatoms. The molecule has 21 heavy (non-hydrogen) atoms. The van der Waals surface area contributed by atoms with E-state index >= 15 is 0 Å². The summed E-state index contributed by atoms with van der Waals surface area (Å²) in [7, 11) is -7.65. The first kappa shape index (κ1) is 16.4. The Morgan fingerprint density at radius 3 is 2.57 bits per heavy atom. The molecule has 7 nitrogen and oxygen atoms in total. The fourth-order valence-electron chi connectivity index (χ4n) is 2.27. The van der Waals surface area contributed by atoms with E-state index in [1.165, 1.54) is 18.2 Å². The third kappa shape index (κ3) is 4.48. The van der Waals surface area contributed by atoms with Gasteiger partial charge in [-0.15, -0.1) is 0 Å². The Bertz CT molecular complexity index is 695. The van der Waals surface area contributed by atoms with E-state index in [-0.39, 0.29) is 9.79 Å². The summed E-state index contributed by atoms with van der Waals surface area (Å²) < 4.78 is 49.2. The molecule has 0 spiro atoms. The van der Waals surface area contributed by atoms with Crippen LogP contribution in [-0.2, 0) is 20.0 Å². The average Bonchev–Trinajstić information content (AvgIpc) is 2.91. The first-order chi connectivity index (χ1) is 9.79. The number of rotatable bonds is 6. The van der Waals surface area contributed by atoms with Gasteiger partial charge in [-0.1, -0.05) is 6.07 Å². The van der Waals surface area contributed by atoms with Crippen molar-refractivity contribution in [3.63, 3.8) is 0 Å². The normalized spacial score (nSPS) is 19.8. The number of hydrogen-bond donors (Lipinski definition) is 3. The molecule has 0 unspecified atom stereocenters. The molecule has 0 aromatic heterocycles. The van der Waals surface area contributed by atoms with Gasteiger partial charge in [-0.2, -0.15) is 0 Å². The quantitative estimate of drug-likeness (QED) is 0.663. The van der Waals surface area contributed by atoms with Gasteiger partial charge in [0.2, 0.25) is 20.0 Å². The van der Waals surface area contributed by atoms with Gasteiger partial charge in [0.1, 0.15) is 0 Å². The maximum Gasteiger partial charge on any atom is 0.240 e. The van der Waals surface area contributed by atoms with Crippen LogP contribution in [0.3, 0.4) is 0 Å². The van der Waals surface area contributed by atoms with Crippen molar-refractivity contribution < 1.29 is 16.8 Å². The summed E-state index contributed by atoms with van der Waals surface area (Å²) in [6.45, 7) is 1.27. The molecule has 1 atom stereocenters. The first-order valence-corrected chi connectivity index (χ1v) is 9.68. The van der Waals surface area contributed by atoms with Gasteiger partial charge in [0, 0.05) is 12.6 Å². The molecule has 1 aromatic carbocycles. The van der Waals surface area contributed by atoms with Crippen molar-refractivity contribution in [1.29, 1.82) is 0 Å². The molecule has 0 aliphatic carbocycles. The maximum atomic E-state index is 12.1. The number of primary sulfonamides is 1. The SMILES string of the molecule is NS(=O)(=O)c1cccc(S(=O)(=O)NCC[C@@H]2CCCN2)c1. The largest absolute Gasteiger partial charge is 0.314 e. The average molecular weight is 333 g/mol. The van der Waals surface area contributed by atoms with E-state index in [0.717, 1.165) is 25.5 Å². The molecule has 2 rings (SSSR count). The molecule has 1 saturated heterocycles. The zero-order chi connectivity index (χ0) is 15.5. The van der Waals surface area contributed by atoms with E-state index in [4.69, 9.17) is 5.14 Å². The minimum absolute atomic E-state index is 0.103. The van der Waals surface area contributed by atoms with Crippen LogP contribution in [0.25, 0.3) is 0 Å². The minimum atomic E-state index is -3.92. The molecule has 1 heterocycles. The van der Waals surface area contributed by atoms with E-state index in [9.17, 15) is 16.8 Å². The second-order valence-electron chi connectivity index (χ2n) is 5.00. The summed E-state index contributed by atoms with van der Waals surface area (Å²) in [6.07, 6.45) is 2.85. The molecule has 118 valence electrons. The topological polar surface area (TPSA) is 118 Å². The Hall–Kier alpha value is -1.00. The lowest BCUT2D eigenvalue weighted by Gasteiger charge is -2.11. The summed E-state index contributed by atoms with van der Waals surface area (Å²) in [5, 5.41) is 8.28. The summed E-state index contributed by atoms with van der Waals surface area (Å²) in [4.78, 5) is -0.323. The van der Waals surface area contributed by atoms with Crippen LogP contribution in [0.4, 0.5) is 0 Å². The van der Waals surface area contributed by atoms with Crippen molar-refractivity contribution in [2.24, 2.45) is 5.14 Å². The predicted molar refractivity (Wildman–Crippen MR) is 78.6 cm³/mol. The lowest BCUT2D eigenvalue weighted by Crippen LogP contribution is -2.30. The van der Waals surface area contributed by atoms with Gasteiger partial charge in [-0.25, -0.2) is 26.7 Å². The summed E-state index contributed by atoms with van der Waals surface area (Å²) in [6, 6.07) is 5.35. The van der Waals surface area contributed by atoms with Crippen LogP contribution in [0.5, 0.6) is 0 Å². The zero-order valence-electron chi connectivity index (χ0n) is 11.4. The lowest BCUT2D eigenvalue weighted by atomic mass is 10.2. The monoisotopic (exact) mass is 333 g/mol. The molecule has 0 saturated carbocycles. The number of nitrogens with one attached hydrogen (secondary N) is 2. The van der Waals surface area contributed by atoms with Gasteiger partial charge in [0.25, 0.3) is 0 Å². The standard InChI is InChI=1S/C12H19N3O4S2/c13-20(16,17)11-4-1-5-12(9-11)21(18,19)15-8-6-10-3-2-7-14-10/h1,4-5,9-10,14-15H,2-3,6-8H2,(H2,13,16,17)/t10-/m0/s1. The number of benzene rings is 1. The molecule has 1 fully saturated rings. The number of nitrogens with two attached hydrogens (primary N) is 1. The highest BCUT2D eigenvalue weighted by molar-refractivity contribution is 7.90. The Morgan fingerprint density at radius 1 is 1.24 bits per heavy atom. The van der Waals surface area contributed by atoms with Crippen molar-refractivity contribution in [1.82, 2.24) is 10.0 Å². The fraction of sp³-hybridized carbons (Fsp3) is 0.500. The molecule has 0 bridgehead atoms. The molecule has 4 N–H and O–H groups in total. The summed E-state index contributed by atoms with van der Waals surface area (Å²) in [5.74, 6) is 0. The highest BCUT2D eigenvalue weighted by Crippen LogP contribution is 2.15. The lowest BCUT2D eigenvalue weighted by molar-refractivity contribution is 0.539. The second kappa shape index (κ2) is 6.41.